The Bertz CT molecular complexity index is 40.3. The molecule has 0 aromatic carbocycles. The van der Waals surface area contributed by atoms with Gasteiger partial charge in [-0.15, -0.1) is 17.0 Å². The van der Waals surface area contributed by atoms with Crippen LogP contribution in [0.2, 0.25) is 0 Å². The first kappa shape index (κ1) is 12.1. The predicted octanol–water partition coefficient (Wildman–Crippen LogP) is 2.29. The van der Waals surface area contributed by atoms with Gasteiger partial charge in [0.05, 0.1) is 3.74 Å². The van der Waals surface area contributed by atoms with Crippen LogP contribution in [0.1, 0.15) is 6.92 Å². The summed E-state index contributed by atoms with van der Waals surface area (Å²) < 4.78 is 0.417. The predicted molar refractivity (Wildman–Crippen MR) is 50.5 cm³/mol. The van der Waals surface area contributed by atoms with E-state index in [9.17, 15) is 0 Å². The summed E-state index contributed by atoms with van der Waals surface area (Å²) in [6.45, 7) is 4.10. The van der Waals surface area contributed by atoms with Gasteiger partial charge in [-0.05, 0) is 6.54 Å². The van der Waals surface area contributed by atoms with Gasteiger partial charge in [0.15, 0.2) is 0 Å². The van der Waals surface area contributed by atoms with Crippen molar-refractivity contribution in [2.75, 3.05) is 13.1 Å². The quantitative estimate of drug-likeness (QED) is 0.789. The molecule has 0 aliphatic heterocycles. The highest BCUT2D eigenvalue weighted by Crippen LogP contribution is 2.04. The van der Waals surface area contributed by atoms with Crippen LogP contribution >= 0.6 is 48.8 Å². The molecular weight excluding hydrogens is 302 g/mol. The van der Waals surface area contributed by atoms with Crippen LogP contribution in [-0.4, -0.2) is 16.8 Å². The highest BCUT2D eigenvalue weighted by Gasteiger charge is 1.91. The zero-order valence-electron chi connectivity index (χ0n) is 4.66. The molecule has 0 rings (SSSR count). The molecule has 1 N–H and O–H groups in total. The summed E-state index contributed by atoms with van der Waals surface area (Å²) in [7, 11) is 0. The summed E-state index contributed by atoms with van der Waals surface area (Å²) in [6.07, 6.45) is 0. The Morgan fingerprint density at radius 1 is 1.50 bits per heavy atom. The third-order valence-electron chi connectivity index (χ3n) is 0.549. The average Bonchev–Trinajstić information content (AvgIpc) is 1.61. The molecule has 52 valence electrons. The summed E-state index contributed by atoms with van der Waals surface area (Å²) in [6, 6.07) is 0. The van der Waals surface area contributed by atoms with E-state index >= 15 is 0 Å². The SMILES string of the molecule is Br.CCNCC(Br)Br. The molecule has 0 fully saturated rings. The zero-order chi connectivity index (χ0) is 5.70. The van der Waals surface area contributed by atoms with Crippen LogP contribution in [0.15, 0.2) is 0 Å². The molecule has 0 aromatic rings. The molecule has 4 heteroatoms. The van der Waals surface area contributed by atoms with Crippen molar-refractivity contribution in [3.63, 3.8) is 0 Å². The van der Waals surface area contributed by atoms with Crippen molar-refractivity contribution in [2.45, 2.75) is 10.7 Å². The molecule has 0 spiro atoms. The molecule has 0 bridgehead atoms. The van der Waals surface area contributed by atoms with E-state index in [-0.39, 0.29) is 17.0 Å². The fourth-order valence-electron chi connectivity index (χ4n) is 0.253. The topological polar surface area (TPSA) is 12.0 Å². The van der Waals surface area contributed by atoms with Crippen molar-refractivity contribution >= 4 is 48.8 Å². The minimum Gasteiger partial charge on any atom is -0.315 e. The molecule has 0 radical (unpaired) electrons. The van der Waals surface area contributed by atoms with Crippen molar-refractivity contribution in [1.82, 2.24) is 5.32 Å². The number of rotatable bonds is 3. The van der Waals surface area contributed by atoms with Crippen LogP contribution in [0.4, 0.5) is 0 Å². The van der Waals surface area contributed by atoms with Gasteiger partial charge >= 0.3 is 0 Å². The summed E-state index contributed by atoms with van der Waals surface area (Å²) in [5, 5.41) is 3.15. The molecule has 0 atom stereocenters. The lowest BCUT2D eigenvalue weighted by atomic mass is 10.7. The molecule has 0 saturated heterocycles. The third-order valence-corrected chi connectivity index (χ3v) is 1.20. The van der Waals surface area contributed by atoms with Crippen molar-refractivity contribution in [2.24, 2.45) is 0 Å². The fourth-order valence-corrected chi connectivity index (χ4v) is 0.711. The van der Waals surface area contributed by atoms with Crippen molar-refractivity contribution in [3.05, 3.63) is 0 Å². The second kappa shape index (κ2) is 8.40. The molecule has 0 aromatic heterocycles. The van der Waals surface area contributed by atoms with Crippen LogP contribution in [0.5, 0.6) is 0 Å². The number of hydrogen-bond donors (Lipinski definition) is 1. The lowest BCUT2D eigenvalue weighted by Crippen LogP contribution is -2.18. The normalized spacial score (nSPS) is 9.00. The Balaban J connectivity index is 0. The molecule has 0 aliphatic carbocycles. The fraction of sp³-hybridized carbons (Fsp3) is 1.00. The standard InChI is InChI=1S/C4H9Br2N.BrH/c1-2-7-3-4(5)6;/h4,7H,2-3H2,1H3;1H. The summed E-state index contributed by atoms with van der Waals surface area (Å²) in [4.78, 5) is 0. The Morgan fingerprint density at radius 2 is 2.00 bits per heavy atom. The molecule has 0 unspecified atom stereocenters. The van der Waals surface area contributed by atoms with Crippen LogP contribution in [0, 0.1) is 0 Å². The Morgan fingerprint density at radius 3 is 2.12 bits per heavy atom. The minimum atomic E-state index is 0. The molecule has 0 aliphatic rings. The van der Waals surface area contributed by atoms with Gasteiger partial charge in [-0.25, -0.2) is 0 Å². The Labute approximate surface area is 77.6 Å². The van der Waals surface area contributed by atoms with Gasteiger partial charge in [-0.2, -0.15) is 0 Å². The van der Waals surface area contributed by atoms with Crippen molar-refractivity contribution in [3.8, 4) is 0 Å². The third kappa shape index (κ3) is 10.4. The molecule has 0 saturated carbocycles. The van der Waals surface area contributed by atoms with E-state index in [2.05, 4.69) is 44.1 Å². The monoisotopic (exact) mass is 309 g/mol. The first-order valence-electron chi connectivity index (χ1n) is 2.26. The van der Waals surface area contributed by atoms with Gasteiger partial charge in [0, 0.05) is 6.54 Å². The molecular formula is C4H10Br3N. The van der Waals surface area contributed by atoms with E-state index in [1.807, 2.05) is 0 Å². The summed E-state index contributed by atoms with van der Waals surface area (Å²) in [5.74, 6) is 0. The lowest BCUT2D eigenvalue weighted by molar-refractivity contribution is 0.761. The lowest BCUT2D eigenvalue weighted by Gasteiger charge is -1.98. The first-order chi connectivity index (χ1) is 3.27. The van der Waals surface area contributed by atoms with E-state index < -0.39 is 0 Å². The van der Waals surface area contributed by atoms with Gasteiger partial charge in [-0.1, -0.05) is 38.8 Å². The van der Waals surface area contributed by atoms with E-state index in [0.29, 0.717) is 3.74 Å². The largest absolute Gasteiger partial charge is 0.315 e. The zero-order valence-corrected chi connectivity index (χ0v) is 9.54. The summed E-state index contributed by atoms with van der Waals surface area (Å²) in [5.41, 5.74) is 0. The number of alkyl halides is 2. The van der Waals surface area contributed by atoms with Gasteiger partial charge < -0.3 is 5.32 Å². The molecule has 8 heavy (non-hydrogen) atoms. The van der Waals surface area contributed by atoms with Crippen molar-refractivity contribution < 1.29 is 0 Å². The number of halogens is 3. The van der Waals surface area contributed by atoms with E-state index in [0.717, 1.165) is 13.1 Å². The Kier molecular flexibility index (Phi) is 12.7. The second-order valence-electron chi connectivity index (χ2n) is 1.20. The number of nitrogens with one attached hydrogen (secondary N) is 1. The highest BCUT2D eigenvalue weighted by atomic mass is 79.9. The minimum absolute atomic E-state index is 0. The van der Waals surface area contributed by atoms with Gasteiger partial charge in [0.2, 0.25) is 0 Å². The highest BCUT2D eigenvalue weighted by molar-refractivity contribution is 9.24. The van der Waals surface area contributed by atoms with Gasteiger partial charge in [0.25, 0.3) is 0 Å². The van der Waals surface area contributed by atoms with Crippen LogP contribution in [0.3, 0.4) is 0 Å². The maximum absolute atomic E-state index is 3.33. The second-order valence-corrected chi connectivity index (χ2v) is 4.64. The number of hydrogen-bond acceptors (Lipinski definition) is 1. The smallest absolute Gasteiger partial charge is 0.0821 e. The molecule has 0 heterocycles. The van der Waals surface area contributed by atoms with Crippen LogP contribution in [-0.2, 0) is 0 Å². The molecule has 1 nitrogen and oxygen atoms in total. The maximum atomic E-state index is 3.33. The van der Waals surface area contributed by atoms with E-state index in [1.54, 1.807) is 0 Å². The summed E-state index contributed by atoms with van der Waals surface area (Å²) >= 11 is 6.66. The van der Waals surface area contributed by atoms with Crippen molar-refractivity contribution in [1.29, 1.82) is 0 Å². The van der Waals surface area contributed by atoms with Gasteiger partial charge in [-0.3, -0.25) is 0 Å². The van der Waals surface area contributed by atoms with Gasteiger partial charge in [0.1, 0.15) is 0 Å². The Hall–Kier alpha value is 1.40. The van der Waals surface area contributed by atoms with Crippen LogP contribution in [0.25, 0.3) is 0 Å². The molecule has 0 amide bonds. The van der Waals surface area contributed by atoms with E-state index in [1.165, 1.54) is 0 Å². The van der Waals surface area contributed by atoms with E-state index in [4.69, 9.17) is 0 Å². The maximum Gasteiger partial charge on any atom is 0.0821 e. The van der Waals surface area contributed by atoms with Crippen LogP contribution < -0.4 is 5.32 Å². The first-order valence-corrected chi connectivity index (χ1v) is 4.09. The average molecular weight is 312 g/mol.